The van der Waals surface area contributed by atoms with E-state index >= 15 is 0 Å². The van der Waals surface area contributed by atoms with Crippen LogP contribution in [-0.2, 0) is 11.3 Å². The maximum absolute atomic E-state index is 6.44. The van der Waals surface area contributed by atoms with E-state index in [-0.39, 0.29) is 0 Å². The Morgan fingerprint density at radius 1 is 1.22 bits per heavy atom. The van der Waals surface area contributed by atoms with Crippen molar-refractivity contribution in [3.63, 3.8) is 0 Å². The Morgan fingerprint density at radius 3 is 2.94 bits per heavy atom. The lowest BCUT2D eigenvalue weighted by atomic mass is 10.2. The molecule has 0 spiro atoms. The van der Waals surface area contributed by atoms with Gasteiger partial charge in [0.05, 0.1) is 22.8 Å². The quantitative estimate of drug-likeness (QED) is 0.427. The average molecular weight is 467 g/mol. The van der Waals surface area contributed by atoms with Crippen molar-refractivity contribution >= 4 is 57.1 Å². The number of amidine groups is 1. The number of rotatable bonds is 6. The van der Waals surface area contributed by atoms with Crippen LogP contribution in [0.15, 0.2) is 59.3 Å². The van der Waals surface area contributed by atoms with E-state index in [1.165, 1.54) is 17.7 Å². The van der Waals surface area contributed by atoms with E-state index in [9.17, 15) is 0 Å². The predicted molar refractivity (Wildman–Crippen MR) is 126 cm³/mol. The molecule has 0 atom stereocenters. The van der Waals surface area contributed by atoms with E-state index in [1.54, 1.807) is 12.3 Å². The molecule has 3 heterocycles. The van der Waals surface area contributed by atoms with Gasteiger partial charge < -0.3 is 19.7 Å². The Labute approximate surface area is 193 Å². The van der Waals surface area contributed by atoms with Gasteiger partial charge in [-0.15, -0.1) is 11.3 Å². The minimum Gasteiger partial charge on any atom is -0.485 e. The number of likely N-dealkylation sites (N-methyl/N-ethyl adjacent to an activating group) is 1. The zero-order chi connectivity index (χ0) is 21.9. The molecule has 10 heteroatoms. The van der Waals surface area contributed by atoms with Gasteiger partial charge in [-0.1, -0.05) is 11.6 Å². The van der Waals surface area contributed by atoms with Crippen molar-refractivity contribution in [2.24, 2.45) is 4.99 Å². The lowest BCUT2D eigenvalue weighted by Gasteiger charge is -2.12. The van der Waals surface area contributed by atoms with Gasteiger partial charge in [-0.05, 0) is 36.4 Å². The normalized spacial score (nSPS) is 14.7. The van der Waals surface area contributed by atoms with Crippen LogP contribution in [0.2, 0.25) is 5.02 Å². The molecule has 0 amide bonds. The van der Waals surface area contributed by atoms with Gasteiger partial charge in [0.25, 0.3) is 6.02 Å². The van der Waals surface area contributed by atoms with Crippen LogP contribution in [0.1, 0.15) is 5.01 Å². The Hall–Kier alpha value is -3.43. The summed E-state index contributed by atoms with van der Waals surface area (Å²) in [6.07, 6.45) is 3.28. The molecule has 32 heavy (non-hydrogen) atoms. The number of hydrogen-bond acceptors (Lipinski definition) is 8. The molecule has 1 saturated heterocycles. The van der Waals surface area contributed by atoms with E-state index in [0.29, 0.717) is 35.8 Å². The van der Waals surface area contributed by atoms with E-state index in [4.69, 9.17) is 21.1 Å². The van der Waals surface area contributed by atoms with Gasteiger partial charge in [0.15, 0.2) is 0 Å². The highest BCUT2D eigenvalue weighted by molar-refractivity contribution is 7.09. The zero-order valence-electron chi connectivity index (χ0n) is 17.2. The van der Waals surface area contributed by atoms with E-state index in [0.717, 1.165) is 33.8 Å². The van der Waals surface area contributed by atoms with Crippen molar-refractivity contribution in [3.8, 4) is 5.75 Å². The second kappa shape index (κ2) is 8.97. The van der Waals surface area contributed by atoms with Crippen molar-refractivity contribution in [2.45, 2.75) is 6.61 Å². The number of nitrogens with zero attached hydrogens (tertiary/aromatic N) is 5. The van der Waals surface area contributed by atoms with Gasteiger partial charge in [0.1, 0.15) is 36.1 Å². The van der Waals surface area contributed by atoms with Gasteiger partial charge in [0.2, 0.25) is 0 Å². The summed E-state index contributed by atoms with van der Waals surface area (Å²) >= 11 is 7.98. The zero-order valence-corrected chi connectivity index (χ0v) is 18.7. The molecule has 0 radical (unpaired) electrons. The van der Waals surface area contributed by atoms with Crippen LogP contribution in [0.25, 0.3) is 10.9 Å². The molecule has 1 aliphatic heterocycles. The fraction of sp³-hybridized carbons (Fsp3) is 0.182. The summed E-state index contributed by atoms with van der Waals surface area (Å²) < 4.78 is 11.4. The number of fused-ring (bicyclic) bond motifs is 1. The summed E-state index contributed by atoms with van der Waals surface area (Å²) in [5.74, 6) is 1.25. The Morgan fingerprint density at radius 2 is 2.16 bits per heavy atom. The molecule has 0 bridgehead atoms. The largest absolute Gasteiger partial charge is 0.485 e. The first-order valence-electron chi connectivity index (χ1n) is 9.91. The van der Waals surface area contributed by atoms with Crippen LogP contribution in [0.4, 0.5) is 17.2 Å². The van der Waals surface area contributed by atoms with Gasteiger partial charge >= 0.3 is 0 Å². The minimum atomic E-state index is 0.380. The third kappa shape index (κ3) is 4.44. The van der Waals surface area contributed by atoms with Crippen molar-refractivity contribution in [2.75, 3.05) is 25.5 Å². The maximum atomic E-state index is 6.44. The summed E-state index contributed by atoms with van der Waals surface area (Å²) in [7, 11) is 1.96. The number of thiazole rings is 1. The topological polar surface area (TPSA) is 84.8 Å². The summed E-state index contributed by atoms with van der Waals surface area (Å²) in [6.45, 7) is 1.85. The fourth-order valence-electron chi connectivity index (χ4n) is 3.22. The van der Waals surface area contributed by atoms with E-state index in [2.05, 4.69) is 25.3 Å². The Balaban J connectivity index is 1.38. The van der Waals surface area contributed by atoms with Gasteiger partial charge in [-0.2, -0.15) is 4.99 Å². The fourth-order valence-corrected chi connectivity index (χ4v) is 3.98. The van der Waals surface area contributed by atoms with Crippen LogP contribution in [-0.4, -0.2) is 46.1 Å². The number of ether oxygens (including phenoxy) is 2. The lowest BCUT2D eigenvalue weighted by Crippen LogP contribution is -2.19. The Bertz CT molecular complexity index is 1280. The molecule has 8 nitrogen and oxygen atoms in total. The molecule has 0 unspecified atom stereocenters. The summed E-state index contributed by atoms with van der Waals surface area (Å²) in [5, 5.41) is 7.47. The number of aliphatic imine (C=N–C) groups is 1. The number of hydrogen-bond donors (Lipinski definition) is 1. The van der Waals surface area contributed by atoms with Crippen LogP contribution in [0, 0.1) is 0 Å². The maximum Gasteiger partial charge on any atom is 0.292 e. The standard InChI is InChI=1S/C22H19ClN6O2S/c1-29-7-8-30-22(29)28-14-2-4-18-16(10-14)21(26-13-25-18)27-15-3-5-19(17(23)11-15)31-12-20-24-6-9-32-20/h2-6,9-11,13H,7-8,12H2,1H3,(H,25,26,27)/b28-22-. The molecule has 1 fully saturated rings. The minimum absolute atomic E-state index is 0.380. The van der Waals surface area contributed by atoms with E-state index in [1.807, 2.05) is 47.7 Å². The highest BCUT2D eigenvalue weighted by Crippen LogP contribution is 2.32. The summed E-state index contributed by atoms with van der Waals surface area (Å²) in [4.78, 5) is 19.6. The molecule has 0 aliphatic carbocycles. The summed E-state index contributed by atoms with van der Waals surface area (Å²) in [6, 6.07) is 11.9. The van der Waals surface area contributed by atoms with Crippen LogP contribution in [0.3, 0.4) is 0 Å². The second-order valence-corrected chi connectivity index (χ2v) is 8.46. The van der Waals surface area contributed by atoms with Crippen molar-refractivity contribution in [1.82, 2.24) is 19.9 Å². The van der Waals surface area contributed by atoms with E-state index < -0.39 is 0 Å². The van der Waals surface area contributed by atoms with Crippen molar-refractivity contribution < 1.29 is 9.47 Å². The SMILES string of the molecule is CN1CCO/C1=N\c1ccc2ncnc(Nc3ccc(OCc4nccs4)c(Cl)c3)c2c1. The molecule has 2 aromatic carbocycles. The number of aromatic nitrogens is 3. The third-order valence-corrected chi connectivity index (χ3v) is 5.91. The van der Waals surface area contributed by atoms with Crippen molar-refractivity contribution in [3.05, 3.63) is 64.3 Å². The first-order chi connectivity index (χ1) is 15.7. The predicted octanol–water partition coefficient (Wildman–Crippen LogP) is 5.01. The van der Waals surface area contributed by atoms with Gasteiger partial charge in [-0.25, -0.2) is 15.0 Å². The molecule has 5 rings (SSSR count). The highest BCUT2D eigenvalue weighted by Gasteiger charge is 2.16. The molecule has 1 N–H and O–H groups in total. The number of benzene rings is 2. The van der Waals surface area contributed by atoms with Crippen LogP contribution < -0.4 is 10.1 Å². The van der Waals surface area contributed by atoms with Crippen LogP contribution in [0.5, 0.6) is 5.75 Å². The second-order valence-electron chi connectivity index (χ2n) is 7.07. The van der Waals surface area contributed by atoms with Crippen LogP contribution >= 0.6 is 22.9 Å². The summed E-state index contributed by atoms with van der Waals surface area (Å²) in [5.41, 5.74) is 2.36. The van der Waals surface area contributed by atoms with Gasteiger partial charge in [-0.3, -0.25) is 0 Å². The number of nitrogens with one attached hydrogen (secondary N) is 1. The Kier molecular flexibility index (Phi) is 5.74. The number of halogens is 1. The average Bonchev–Trinajstić information content (AvgIpc) is 3.46. The monoisotopic (exact) mass is 466 g/mol. The first kappa shape index (κ1) is 20.5. The molecule has 0 saturated carbocycles. The molecule has 2 aromatic heterocycles. The highest BCUT2D eigenvalue weighted by atomic mass is 35.5. The smallest absolute Gasteiger partial charge is 0.292 e. The van der Waals surface area contributed by atoms with Gasteiger partial charge in [0, 0.05) is 29.7 Å². The lowest BCUT2D eigenvalue weighted by molar-refractivity contribution is 0.306. The third-order valence-electron chi connectivity index (χ3n) is 4.86. The first-order valence-corrected chi connectivity index (χ1v) is 11.2. The molecular formula is C22H19ClN6O2S. The number of anilines is 2. The van der Waals surface area contributed by atoms with Crippen molar-refractivity contribution in [1.29, 1.82) is 0 Å². The molecule has 162 valence electrons. The molecule has 4 aromatic rings. The molecular weight excluding hydrogens is 448 g/mol. The molecule has 1 aliphatic rings.